The van der Waals surface area contributed by atoms with Crippen molar-refractivity contribution in [2.45, 2.75) is 71.7 Å². The Balaban J connectivity index is 1.73. The highest BCUT2D eigenvalue weighted by Gasteiger charge is 2.40. The van der Waals surface area contributed by atoms with Crippen LogP contribution in [0.1, 0.15) is 57.6 Å². The lowest BCUT2D eigenvalue weighted by Gasteiger charge is -2.44. The van der Waals surface area contributed by atoms with Crippen molar-refractivity contribution in [1.29, 1.82) is 0 Å². The molecule has 3 unspecified atom stereocenters. The van der Waals surface area contributed by atoms with E-state index < -0.39 is 0 Å². The van der Waals surface area contributed by atoms with Crippen molar-refractivity contribution < 1.29 is 5.11 Å². The summed E-state index contributed by atoms with van der Waals surface area (Å²) in [6.07, 6.45) is 4.37. The Labute approximate surface area is 129 Å². The molecule has 1 heterocycles. The zero-order valence-corrected chi connectivity index (χ0v) is 13.7. The molecule has 1 fully saturated rings. The van der Waals surface area contributed by atoms with Crippen LogP contribution in [0.25, 0.3) is 0 Å². The van der Waals surface area contributed by atoms with Crippen LogP contribution in [0, 0.1) is 11.3 Å². The van der Waals surface area contributed by atoms with Gasteiger partial charge in [0.1, 0.15) is 0 Å². The average Bonchev–Trinajstić information content (AvgIpc) is 2.91. The van der Waals surface area contributed by atoms with Crippen molar-refractivity contribution in [3.05, 3.63) is 35.4 Å². The zero-order chi connectivity index (χ0) is 15.0. The first-order valence-corrected chi connectivity index (χ1v) is 8.50. The van der Waals surface area contributed by atoms with E-state index in [9.17, 15) is 5.11 Å². The number of aliphatic hydroxyl groups is 1. The van der Waals surface area contributed by atoms with Crippen molar-refractivity contribution in [2.24, 2.45) is 11.3 Å². The van der Waals surface area contributed by atoms with E-state index in [0.29, 0.717) is 11.5 Å². The van der Waals surface area contributed by atoms with Crippen LogP contribution in [-0.2, 0) is 13.1 Å². The fourth-order valence-electron chi connectivity index (χ4n) is 4.12. The van der Waals surface area contributed by atoms with Crippen molar-refractivity contribution >= 4 is 0 Å². The zero-order valence-electron chi connectivity index (χ0n) is 13.7. The van der Waals surface area contributed by atoms with E-state index in [0.717, 1.165) is 31.8 Å². The molecule has 2 nitrogen and oxygen atoms in total. The molecule has 0 radical (unpaired) electrons. The quantitative estimate of drug-likeness (QED) is 0.909. The molecule has 1 N–H and O–H groups in total. The lowest BCUT2D eigenvalue weighted by molar-refractivity contribution is -0.0228. The van der Waals surface area contributed by atoms with E-state index in [-0.39, 0.29) is 6.10 Å². The number of aliphatic hydroxyl groups excluding tert-OH is 1. The van der Waals surface area contributed by atoms with Gasteiger partial charge in [0.2, 0.25) is 0 Å². The van der Waals surface area contributed by atoms with Crippen LogP contribution in [0.5, 0.6) is 0 Å². The van der Waals surface area contributed by atoms with E-state index in [1.165, 1.54) is 24.0 Å². The minimum Gasteiger partial charge on any atom is -0.391 e. The first kappa shape index (κ1) is 15.1. The highest BCUT2D eigenvalue weighted by molar-refractivity contribution is 5.30. The van der Waals surface area contributed by atoms with Crippen LogP contribution in [0.4, 0.5) is 0 Å². The molecule has 2 aliphatic rings. The Bertz CT molecular complexity index is 471. The Morgan fingerprint density at radius 2 is 1.76 bits per heavy atom. The molecule has 3 atom stereocenters. The Morgan fingerprint density at radius 3 is 2.33 bits per heavy atom. The molecule has 0 amide bonds. The number of hydrogen-bond donors (Lipinski definition) is 1. The highest BCUT2D eigenvalue weighted by atomic mass is 16.3. The van der Waals surface area contributed by atoms with Gasteiger partial charge in [-0.2, -0.15) is 0 Å². The molecular formula is C19H29NO. The van der Waals surface area contributed by atoms with Gasteiger partial charge < -0.3 is 5.11 Å². The number of rotatable bonds is 3. The van der Waals surface area contributed by atoms with Gasteiger partial charge in [0, 0.05) is 19.1 Å². The molecular weight excluding hydrogens is 258 g/mol. The van der Waals surface area contributed by atoms with Crippen molar-refractivity contribution in [3.8, 4) is 0 Å². The number of fused-ring (bicyclic) bond motifs is 1. The lowest BCUT2D eigenvalue weighted by atomic mass is 9.67. The SMILES string of the molecule is CCC(C)(C)C1CCC(O)C(N2Cc3ccccc3C2)C1. The summed E-state index contributed by atoms with van der Waals surface area (Å²) in [7, 11) is 0. The normalized spacial score (nSPS) is 30.4. The second-order valence-corrected chi connectivity index (χ2v) is 7.66. The third kappa shape index (κ3) is 2.89. The third-order valence-corrected chi connectivity index (χ3v) is 6.13. The fourth-order valence-corrected chi connectivity index (χ4v) is 4.12. The monoisotopic (exact) mass is 287 g/mol. The molecule has 1 aliphatic heterocycles. The molecule has 1 aromatic rings. The summed E-state index contributed by atoms with van der Waals surface area (Å²) in [6, 6.07) is 9.06. The van der Waals surface area contributed by atoms with Crippen LogP contribution >= 0.6 is 0 Å². The minimum atomic E-state index is -0.150. The summed E-state index contributed by atoms with van der Waals surface area (Å²) in [5, 5.41) is 10.5. The van der Waals surface area contributed by atoms with Gasteiger partial charge in [-0.25, -0.2) is 0 Å². The number of benzene rings is 1. The Kier molecular flexibility index (Phi) is 4.11. The molecule has 3 rings (SSSR count). The van der Waals surface area contributed by atoms with Crippen molar-refractivity contribution in [2.75, 3.05) is 0 Å². The van der Waals surface area contributed by atoms with Crippen LogP contribution in [0.15, 0.2) is 24.3 Å². The molecule has 0 saturated heterocycles. The molecule has 21 heavy (non-hydrogen) atoms. The molecule has 0 spiro atoms. The van der Waals surface area contributed by atoms with Crippen LogP contribution < -0.4 is 0 Å². The van der Waals surface area contributed by atoms with E-state index in [1.807, 2.05) is 0 Å². The molecule has 2 heteroatoms. The summed E-state index contributed by atoms with van der Waals surface area (Å²) >= 11 is 0. The van der Waals surface area contributed by atoms with Gasteiger partial charge in [-0.1, -0.05) is 51.5 Å². The smallest absolute Gasteiger partial charge is 0.0695 e. The number of hydrogen-bond acceptors (Lipinski definition) is 2. The maximum Gasteiger partial charge on any atom is 0.0695 e. The second kappa shape index (κ2) is 5.73. The topological polar surface area (TPSA) is 23.5 Å². The molecule has 1 saturated carbocycles. The summed E-state index contributed by atoms with van der Waals surface area (Å²) in [5.74, 6) is 0.736. The Morgan fingerprint density at radius 1 is 1.14 bits per heavy atom. The summed E-state index contributed by atoms with van der Waals surface area (Å²) in [6.45, 7) is 9.11. The van der Waals surface area contributed by atoms with Gasteiger partial charge in [-0.15, -0.1) is 0 Å². The van der Waals surface area contributed by atoms with Crippen LogP contribution in [0.3, 0.4) is 0 Å². The maximum atomic E-state index is 10.5. The van der Waals surface area contributed by atoms with E-state index in [2.05, 4.69) is 49.9 Å². The Hall–Kier alpha value is -0.860. The van der Waals surface area contributed by atoms with Gasteiger partial charge in [0.05, 0.1) is 6.10 Å². The number of nitrogens with zero attached hydrogens (tertiary/aromatic N) is 1. The first-order chi connectivity index (χ1) is 10.0. The second-order valence-electron chi connectivity index (χ2n) is 7.66. The van der Waals surface area contributed by atoms with E-state index in [1.54, 1.807) is 0 Å². The summed E-state index contributed by atoms with van der Waals surface area (Å²) in [5.41, 5.74) is 3.29. The van der Waals surface area contributed by atoms with Gasteiger partial charge in [-0.05, 0) is 41.7 Å². The van der Waals surface area contributed by atoms with Gasteiger partial charge in [-0.3, -0.25) is 4.90 Å². The third-order valence-electron chi connectivity index (χ3n) is 6.13. The molecule has 1 aromatic carbocycles. The van der Waals surface area contributed by atoms with E-state index in [4.69, 9.17) is 0 Å². The highest BCUT2D eigenvalue weighted by Crippen LogP contribution is 2.43. The van der Waals surface area contributed by atoms with Gasteiger partial charge in [0.15, 0.2) is 0 Å². The minimum absolute atomic E-state index is 0.150. The summed E-state index contributed by atoms with van der Waals surface area (Å²) in [4.78, 5) is 2.51. The predicted octanol–water partition coefficient (Wildman–Crippen LogP) is 3.97. The fraction of sp³-hybridized carbons (Fsp3) is 0.684. The van der Waals surface area contributed by atoms with Crippen molar-refractivity contribution in [1.82, 2.24) is 4.90 Å². The van der Waals surface area contributed by atoms with Gasteiger partial charge >= 0.3 is 0 Å². The molecule has 116 valence electrons. The summed E-state index contributed by atoms with van der Waals surface area (Å²) < 4.78 is 0. The van der Waals surface area contributed by atoms with E-state index >= 15 is 0 Å². The van der Waals surface area contributed by atoms with Crippen molar-refractivity contribution in [3.63, 3.8) is 0 Å². The largest absolute Gasteiger partial charge is 0.391 e. The average molecular weight is 287 g/mol. The van der Waals surface area contributed by atoms with Gasteiger partial charge in [0.25, 0.3) is 0 Å². The van der Waals surface area contributed by atoms with Crippen LogP contribution in [0.2, 0.25) is 0 Å². The molecule has 1 aliphatic carbocycles. The van der Waals surface area contributed by atoms with Crippen LogP contribution in [-0.4, -0.2) is 22.2 Å². The predicted molar refractivity (Wildman–Crippen MR) is 86.9 cm³/mol. The standard InChI is InChI=1S/C19H29NO/c1-4-19(2,3)16-9-10-18(21)17(11-16)20-12-14-7-5-6-8-15(14)13-20/h5-8,16-18,21H,4,9-13H2,1-3H3. The molecule has 0 bridgehead atoms. The lowest BCUT2D eigenvalue weighted by Crippen LogP contribution is -2.47. The molecule has 0 aromatic heterocycles. The maximum absolute atomic E-state index is 10.5. The first-order valence-electron chi connectivity index (χ1n) is 8.50.